The SMILES string of the molecule is Cc1c([S@@+]([O-])c2ccc(C#N)cc2)cc(C(=O)NCCOCCOCCOCCOCCNC(=O)NCCCCNC(=O)NCCOCCOCCOCCOCCNC(=O)c2cc([S@@+]([O-])c3ccc(C#N)cc3)c(C)n(-c3cccc(C(F)(F)F)c3)c2=O)c(=O)n1-c1cccc(C(F)(F)F)c1. The monoisotopic (exact) mass is 1470 g/mol. The van der Waals surface area contributed by atoms with Crippen molar-refractivity contribution in [1.82, 2.24) is 41.0 Å². The number of aromatic nitrogens is 2. The van der Waals surface area contributed by atoms with Gasteiger partial charge in [-0.25, -0.2) is 9.59 Å². The van der Waals surface area contributed by atoms with Crippen LogP contribution in [-0.4, -0.2) is 187 Å². The Balaban J connectivity index is 0.698. The minimum absolute atomic E-state index is 0.00312. The smallest absolute Gasteiger partial charge is 0.416 e. The van der Waals surface area contributed by atoms with Gasteiger partial charge in [-0.2, -0.15) is 36.9 Å². The summed E-state index contributed by atoms with van der Waals surface area (Å²) in [4.78, 5) is 78.9. The van der Waals surface area contributed by atoms with E-state index in [9.17, 15) is 74.7 Å². The number of rotatable bonds is 43. The van der Waals surface area contributed by atoms with Crippen molar-refractivity contribution in [2.24, 2.45) is 0 Å². The van der Waals surface area contributed by atoms with Gasteiger partial charge >= 0.3 is 24.4 Å². The minimum Gasteiger partial charge on any atom is -0.606 e. The van der Waals surface area contributed by atoms with Crippen molar-refractivity contribution >= 4 is 46.2 Å². The average Bonchev–Trinajstić information content (AvgIpc) is 0.771. The number of halogens is 6. The normalized spacial score (nSPS) is 12.0. The third-order valence-corrected chi connectivity index (χ3v) is 17.5. The van der Waals surface area contributed by atoms with Crippen LogP contribution < -0.4 is 43.0 Å². The highest BCUT2D eigenvalue weighted by Gasteiger charge is 2.34. The number of pyridine rings is 2. The van der Waals surface area contributed by atoms with Gasteiger partial charge < -0.3 is 78.9 Å². The minimum atomic E-state index is -4.73. The van der Waals surface area contributed by atoms with Crippen LogP contribution in [0.5, 0.6) is 0 Å². The second-order valence-electron chi connectivity index (χ2n) is 21.7. The molecule has 2 atom stereocenters. The molecule has 102 heavy (non-hydrogen) atoms. The Morgan fingerprint density at radius 2 is 0.706 bits per heavy atom. The summed E-state index contributed by atoms with van der Waals surface area (Å²) in [5.41, 5.74) is -4.54. The molecule has 6 amide bonds. The molecule has 2 heterocycles. The first kappa shape index (κ1) is 82.1. The van der Waals surface area contributed by atoms with E-state index in [0.717, 1.165) is 57.7 Å². The van der Waals surface area contributed by atoms with Gasteiger partial charge in [0, 0.05) is 85.1 Å². The van der Waals surface area contributed by atoms with Gasteiger partial charge in [-0.05, 0) is 112 Å². The summed E-state index contributed by atoms with van der Waals surface area (Å²) in [5, 5.41) is 34.3. The molecule has 0 saturated carbocycles. The number of carbonyl (C=O) groups is 4. The Hall–Kier alpha value is -8.88. The van der Waals surface area contributed by atoms with Gasteiger partial charge in [0.25, 0.3) is 22.9 Å². The maximum Gasteiger partial charge on any atom is 0.416 e. The molecule has 4 aromatic carbocycles. The van der Waals surface area contributed by atoms with Crippen LogP contribution in [0.4, 0.5) is 35.9 Å². The van der Waals surface area contributed by atoms with E-state index < -0.39 is 79.9 Å². The largest absolute Gasteiger partial charge is 0.606 e. The standard InChI is InChI=1S/C68H78F6N10O16S2/c1-47-59(101(91)55-15-11-49(45-75)12-16-55)43-57(63(87)83(47)53-9-5-7-51(41-53)67(69,70)71)61(85)77-21-25-93-29-33-97-37-39-99-35-31-95-27-23-81-65(89)79-19-3-4-20-80-66(90)82-24-28-96-32-36-100-40-38-98-34-30-94-26-22-78-62(86)58-44-60(102(92)56-17-13-50(46-76)14-18-56)48(2)84(64(58)88)54-10-6-8-52(42-54)68(72,73)74/h5-18,41-44H,3-4,19-40H2,1-2H3,(H,77,85)(H,78,86)(H2,79,81,89)(H2,80,82,90)/t101-,102-/m0/s1. The maximum absolute atomic E-state index is 13.8. The molecule has 0 bridgehead atoms. The summed E-state index contributed by atoms with van der Waals surface area (Å²) in [6, 6.07) is 25.0. The molecule has 0 unspecified atom stereocenters. The zero-order chi connectivity index (χ0) is 73.9. The summed E-state index contributed by atoms with van der Waals surface area (Å²) in [7, 11) is 0. The third-order valence-electron chi connectivity index (χ3n) is 14.5. The number of hydrogen-bond acceptors (Lipinski definition) is 18. The van der Waals surface area contributed by atoms with Crippen molar-refractivity contribution in [2.75, 3.05) is 145 Å². The first-order valence-electron chi connectivity index (χ1n) is 32.0. The van der Waals surface area contributed by atoms with E-state index >= 15 is 0 Å². The number of carbonyl (C=O) groups excluding carboxylic acids is 4. The summed E-state index contributed by atoms with van der Waals surface area (Å²) in [5.74, 6) is -1.74. The lowest BCUT2D eigenvalue weighted by atomic mass is 10.1. The lowest BCUT2D eigenvalue weighted by Crippen LogP contribution is -2.39. The zero-order valence-corrected chi connectivity index (χ0v) is 57.4. The maximum atomic E-state index is 13.8. The first-order valence-corrected chi connectivity index (χ1v) is 34.3. The van der Waals surface area contributed by atoms with E-state index in [1.165, 1.54) is 74.5 Å². The molecule has 34 heteroatoms. The molecular formula is C68H78F6N10O16S2. The lowest BCUT2D eigenvalue weighted by Gasteiger charge is -2.19. The van der Waals surface area contributed by atoms with Crippen LogP contribution in [0.2, 0.25) is 0 Å². The van der Waals surface area contributed by atoms with E-state index in [1.807, 2.05) is 12.1 Å². The van der Waals surface area contributed by atoms with Gasteiger partial charge in [-0.15, -0.1) is 0 Å². The van der Waals surface area contributed by atoms with E-state index in [0.29, 0.717) is 37.1 Å². The second kappa shape index (κ2) is 43.2. The van der Waals surface area contributed by atoms with E-state index in [-0.39, 0.29) is 186 Å². The number of hydrogen-bond donors (Lipinski definition) is 6. The van der Waals surface area contributed by atoms with Crippen molar-refractivity contribution < 1.29 is 92.5 Å². The summed E-state index contributed by atoms with van der Waals surface area (Å²) >= 11 is -4.02. The zero-order valence-electron chi connectivity index (χ0n) is 55.8. The molecule has 0 fully saturated rings. The van der Waals surface area contributed by atoms with Crippen molar-refractivity contribution in [3.05, 3.63) is 175 Å². The number of nitriles is 2. The van der Waals surface area contributed by atoms with Gasteiger partial charge in [0.2, 0.25) is 0 Å². The highest BCUT2D eigenvalue weighted by atomic mass is 32.2. The summed E-state index contributed by atoms with van der Waals surface area (Å²) < 4.78 is 155. The number of urea groups is 2. The Kier molecular flexibility index (Phi) is 34.7. The lowest BCUT2D eigenvalue weighted by molar-refractivity contribution is -0.138. The molecule has 0 aliphatic rings. The molecule has 0 radical (unpaired) electrons. The van der Waals surface area contributed by atoms with Crippen molar-refractivity contribution in [3.8, 4) is 23.5 Å². The van der Waals surface area contributed by atoms with Crippen LogP contribution in [0.1, 0.15) is 67.2 Å². The molecule has 0 aliphatic heterocycles. The predicted octanol–water partition coefficient (Wildman–Crippen LogP) is 6.39. The van der Waals surface area contributed by atoms with Crippen LogP contribution >= 0.6 is 0 Å². The highest BCUT2D eigenvalue weighted by molar-refractivity contribution is 7.91. The molecule has 6 N–H and O–H groups in total. The molecule has 26 nitrogen and oxygen atoms in total. The van der Waals surface area contributed by atoms with Gasteiger partial charge in [0.05, 0.1) is 151 Å². The quantitative estimate of drug-likeness (QED) is 0.0137. The fourth-order valence-corrected chi connectivity index (χ4v) is 11.8. The summed E-state index contributed by atoms with van der Waals surface area (Å²) in [6.07, 6.45) is -8.23. The van der Waals surface area contributed by atoms with E-state index in [4.69, 9.17) is 37.9 Å². The number of nitrogens with zero attached hydrogens (tertiary/aromatic N) is 4. The topological polar surface area (TPSA) is 352 Å². The third kappa shape index (κ3) is 26.8. The fourth-order valence-electron chi connectivity index (χ4n) is 9.33. The Labute approximate surface area is 589 Å². The van der Waals surface area contributed by atoms with Gasteiger partial charge in [-0.3, -0.25) is 28.3 Å². The highest BCUT2D eigenvalue weighted by Crippen LogP contribution is 2.34. The Bertz CT molecular complexity index is 3650. The van der Waals surface area contributed by atoms with Gasteiger partial charge in [-0.1, -0.05) is 12.1 Å². The average molecular weight is 1470 g/mol. The molecule has 6 rings (SSSR count). The molecule has 0 spiro atoms. The molecule has 0 saturated heterocycles. The van der Waals surface area contributed by atoms with Crippen molar-refractivity contribution in [1.29, 1.82) is 10.5 Å². The molecule has 550 valence electrons. The van der Waals surface area contributed by atoms with Crippen LogP contribution in [-0.2, 0) is 72.6 Å². The number of benzene rings is 4. The van der Waals surface area contributed by atoms with E-state index in [2.05, 4.69) is 31.9 Å². The molecule has 2 aromatic heterocycles. The number of unbranched alkanes of at least 4 members (excludes halogenated alkanes) is 1. The molecular weight excluding hydrogens is 1390 g/mol. The number of alkyl halides is 6. The first-order chi connectivity index (χ1) is 49.0. The van der Waals surface area contributed by atoms with Gasteiger partial charge in [0.15, 0.2) is 19.6 Å². The second-order valence-corrected chi connectivity index (χ2v) is 24.6. The fraction of sp³-hybridized carbons (Fsp3) is 0.412. The number of ether oxygens (including phenoxy) is 8. The van der Waals surface area contributed by atoms with Crippen molar-refractivity contribution in [2.45, 2.75) is 58.6 Å². The number of amides is 6. The molecule has 6 aromatic rings. The van der Waals surface area contributed by atoms with Crippen molar-refractivity contribution in [3.63, 3.8) is 0 Å². The molecule has 0 aliphatic carbocycles. The number of nitrogens with one attached hydrogen (secondary N) is 6. The van der Waals surface area contributed by atoms with Gasteiger partial charge in [0.1, 0.15) is 11.1 Å². The van der Waals surface area contributed by atoms with Crippen LogP contribution in [0, 0.1) is 36.5 Å². The Morgan fingerprint density at radius 1 is 0.422 bits per heavy atom. The van der Waals surface area contributed by atoms with Crippen LogP contribution in [0.15, 0.2) is 138 Å². The Morgan fingerprint density at radius 3 is 1.00 bits per heavy atom. The van der Waals surface area contributed by atoms with Crippen LogP contribution in [0.3, 0.4) is 0 Å². The predicted molar refractivity (Wildman–Crippen MR) is 358 cm³/mol. The van der Waals surface area contributed by atoms with Crippen LogP contribution in [0.25, 0.3) is 11.4 Å². The summed E-state index contributed by atoms with van der Waals surface area (Å²) in [6.45, 7) is 7.37. The van der Waals surface area contributed by atoms with E-state index in [1.54, 1.807) is 0 Å².